The standard InChI is InChI=1S/C16H21N5O3/c1-2-21-15-11(8-19-21)13(12(7-18-15)16(23)24)20-10-5-3-9(4-6-10)14(17)22/h7-10H,2-6H2,1H3,(H2,17,22)(H,18,20)(H,23,24). The molecule has 1 aliphatic rings. The van der Waals surface area contributed by atoms with E-state index in [1.165, 1.54) is 6.20 Å². The first-order valence-electron chi connectivity index (χ1n) is 8.15. The van der Waals surface area contributed by atoms with Gasteiger partial charge in [-0.25, -0.2) is 14.5 Å². The van der Waals surface area contributed by atoms with Crippen LogP contribution in [0.3, 0.4) is 0 Å². The summed E-state index contributed by atoms with van der Waals surface area (Å²) in [6, 6.07) is 0.106. The van der Waals surface area contributed by atoms with Gasteiger partial charge in [0.1, 0.15) is 5.56 Å². The van der Waals surface area contributed by atoms with Gasteiger partial charge in [-0.2, -0.15) is 5.10 Å². The Morgan fingerprint density at radius 3 is 2.62 bits per heavy atom. The number of carboxylic acids is 1. The maximum absolute atomic E-state index is 11.6. The van der Waals surface area contributed by atoms with E-state index < -0.39 is 5.97 Å². The quantitative estimate of drug-likeness (QED) is 0.765. The van der Waals surface area contributed by atoms with Crippen LogP contribution in [0.15, 0.2) is 12.4 Å². The maximum atomic E-state index is 11.6. The van der Waals surface area contributed by atoms with Crippen LogP contribution in [0.1, 0.15) is 43.0 Å². The number of hydrogen-bond donors (Lipinski definition) is 3. The third-order valence-corrected chi connectivity index (χ3v) is 4.67. The number of carbonyl (C=O) groups is 2. The Morgan fingerprint density at radius 2 is 2.04 bits per heavy atom. The Labute approximate surface area is 139 Å². The van der Waals surface area contributed by atoms with Crippen LogP contribution in [0.5, 0.6) is 0 Å². The van der Waals surface area contributed by atoms with Crippen molar-refractivity contribution < 1.29 is 14.7 Å². The van der Waals surface area contributed by atoms with Crippen molar-refractivity contribution in [1.82, 2.24) is 14.8 Å². The van der Waals surface area contributed by atoms with E-state index in [2.05, 4.69) is 15.4 Å². The number of rotatable bonds is 5. The van der Waals surface area contributed by atoms with Gasteiger partial charge < -0.3 is 16.2 Å². The number of anilines is 1. The molecule has 3 rings (SSSR count). The third-order valence-electron chi connectivity index (χ3n) is 4.67. The van der Waals surface area contributed by atoms with Crippen LogP contribution in [0.2, 0.25) is 0 Å². The Kier molecular flexibility index (Phi) is 4.37. The fourth-order valence-electron chi connectivity index (χ4n) is 3.30. The molecule has 2 heterocycles. The van der Waals surface area contributed by atoms with Crippen LogP contribution in [0.4, 0.5) is 5.69 Å². The van der Waals surface area contributed by atoms with Gasteiger partial charge in [-0.1, -0.05) is 0 Å². The number of aryl methyl sites for hydroxylation is 1. The predicted octanol–water partition coefficient (Wildman–Crippen LogP) is 1.61. The summed E-state index contributed by atoms with van der Waals surface area (Å²) < 4.78 is 1.73. The molecule has 1 amide bonds. The number of carboxylic acid groups (broad SMARTS) is 1. The van der Waals surface area contributed by atoms with Crippen molar-refractivity contribution in [3.63, 3.8) is 0 Å². The minimum atomic E-state index is -1.03. The summed E-state index contributed by atoms with van der Waals surface area (Å²) in [7, 11) is 0. The summed E-state index contributed by atoms with van der Waals surface area (Å²) in [4.78, 5) is 27.1. The lowest BCUT2D eigenvalue weighted by molar-refractivity contribution is -0.122. The highest BCUT2D eigenvalue weighted by atomic mass is 16.4. The molecule has 8 heteroatoms. The van der Waals surface area contributed by atoms with E-state index in [1.54, 1.807) is 10.9 Å². The fraction of sp³-hybridized carbons (Fsp3) is 0.500. The zero-order valence-corrected chi connectivity index (χ0v) is 13.5. The molecule has 0 saturated heterocycles. The largest absolute Gasteiger partial charge is 0.478 e. The number of pyridine rings is 1. The van der Waals surface area contributed by atoms with Gasteiger partial charge in [0.2, 0.25) is 5.91 Å². The van der Waals surface area contributed by atoms with Crippen LogP contribution in [0.25, 0.3) is 11.0 Å². The first-order valence-corrected chi connectivity index (χ1v) is 8.15. The molecule has 128 valence electrons. The van der Waals surface area contributed by atoms with Crippen LogP contribution < -0.4 is 11.1 Å². The van der Waals surface area contributed by atoms with Crippen LogP contribution in [-0.2, 0) is 11.3 Å². The molecule has 8 nitrogen and oxygen atoms in total. The van der Waals surface area contributed by atoms with E-state index in [0.717, 1.165) is 25.7 Å². The van der Waals surface area contributed by atoms with Crippen molar-refractivity contribution in [2.24, 2.45) is 11.7 Å². The molecule has 0 unspecified atom stereocenters. The fourth-order valence-corrected chi connectivity index (χ4v) is 3.30. The maximum Gasteiger partial charge on any atom is 0.339 e. The highest BCUT2D eigenvalue weighted by Crippen LogP contribution is 2.31. The molecule has 4 N–H and O–H groups in total. The van der Waals surface area contributed by atoms with Gasteiger partial charge in [0.05, 0.1) is 17.3 Å². The van der Waals surface area contributed by atoms with Crippen molar-refractivity contribution in [2.45, 2.75) is 45.2 Å². The topological polar surface area (TPSA) is 123 Å². The molecule has 2 aromatic rings. The highest BCUT2D eigenvalue weighted by Gasteiger charge is 2.26. The number of nitrogens with two attached hydrogens (primary N) is 1. The van der Waals surface area contributed by atoms with E-state index in [-0.39, 0.29) is 23.4 Å². The lowest BCUT2D eigenvalue weighted by Crippen LogP contribution is -2.32. The summed E-state index contributed by atoms with van der Waals surface area (Å²) >= 11 is 0. The van der Waals surface area contributed by atoms with E-state index >= 15 is 0 Å². The zero-order valence-electron chi connectivity index (χ0n) is 13.5. The molecule has 0 spiro atoms. The second-order valence-corrected chi connectivity index (χ2v) is 6.14. The van der Waals surface area contributed by atoms with Crippen molar-refractivity contribution in [3.05, 3.63) is 18.0 Å². The van der Waals surface area contributed by atoms with E-state index in [1.807, 2.05) is 6.92 Å². The van der Waals surface area contributed by atoms with Crippen molar-refractivity contribution in [1.29, 1.82) is 0 Å². The molecule has 1 fully saturated rings. The summed E-state index contributed by atoms with van der Waals surface area (Å²) in [5.74, 6) is -1.36. The third kappa shape index (κ3) is 2.91. The number of aromatic carboxylic acids is 1. The van der Waals surface area contributed by atoms with E-state index in [0.29, 0.717) is 23.3 Å². The van der Waals surface area contributed by atoms with Gasteiger partial charge in [0, 0.05) is 24.7 Å². The number of nitrogens with one attached hydrogen (secondary N) is 1. The minimum absolute atomic E-state index is 0.0812. The number of aromatic nitrogens is 3. The van der Waals surface area contributed by atoms with Crippen molar-refractivity contribution in [2.75, 3.05) is 5.32 Å². The molecule has 0 radical (unpaired) electrons. The number of primary amides is 1. The predicted molar refractivity (Wildman–Crippen MR) is 88.7 cm³/mol. The molecule has 2 aromatic heterocycles. The van der Waals surface area contributed by atoms with Gasteiger partial charge in [-0.15, -0.1) is 0 Å². The Morgan fingerprint density at radius 1 is 1.33 bits per heavy atom. The average Bonchev–Trinajstić information content (AvgIpc) is 2.99. The number of hydrogen-bond acceptors (Lipinski definition) is 5. The summed E-state index contributed by atoms with van der Waals surface area (Å²) in [5, 5.41) is 17.8. The average molecular weight is 331 g/mol. The molecule has 1 saturated carbocycles. The smallest absolute Gasteiger partial charge is 0.339 e. The summed E-state index contributed by atoms with van der Waals surface area (Å²) in [5.41, 5.74) is 6.71. The molecule has 1 aliphatic carbocycles. The first kappa shape index (κ1) is 16.2. The lowest BCUT2D eigenvalue weighted by Gasteiger charge is -2.28. The Balaban J connectivity index is 1.90. The number of carbonyl (C=O) groups excluding carboxylic acids is 1. The SMILES string of the molecule is CCn1ncc2c(NC3CCC(C(N)=O)CC3)c(C(=O)O)cnc21. The van der Waals surface area contributed by atoms with Gasteiger partial charge >= 0.3 is 5.97 Å². The normalized spacial score (nSPS) is 20.9. The number of amides is 1. The van der Waals surface area contributed by atoms with Crippen molar-refractivity contribution in [3.8, 4) is 0 Å². The summed E-state index contributed by atoms with van der Waals surface area (Å²) in [6.45, 7) is 2.61. The molecule has 0 atom stereocenters. The summed E-state index contributed by atoms with van der Waals surface area (Å²) in [6.07, 6.45) is 6.01. The molecular weight excluding hydrogens is 310 g/mol. The van der Waals surface area contributed by atoms with Crippen molar-refractivity contribution >= 4 is 28.6 Å². The van der Waals surface area contributed by atoms with Crippen LogP contribution in [0, 0.1) is 5.92 Å². The number of fused-ring (bicyclic) bond motifs is 1. The highest BCUT2D eigenvalue weighted by molar-refractivity contribution is 6.03. The first-order chi connectivity index (χ1) is 11.5. The lowest BCUT2D eigenvalue weighted by atomic mass is 9.85. The van der Waals surface area contributed by atoms with Gasteiger partial charge in [0.15, 0.2) is 5.65 Å². The molecule has 0 aromatic carbocycles. The van der Waals surface area contributed by atoms with Crippen LogP contribution in [-0.4, -0.2) is 37.8 Å². The van der Waals surface area contributed by atoms with Crippen LogP contribution >= 0.6 is 0 Å². The number of nitrogens with zero attached hydrogens (tertiary/aromatic N) is 3. The molecule has 0 aliphatic heterocycles. The van der Waals surface area contributed by atoms with Gasteiger partial charge in [0.25, 0.3) is 0 Å². The zero-order chi connectivity index (χ0) is 17.3. The molecular formula is C16H21N5O3. The Bertz CT molecular complexity index is 777. The Hall–Kier alpha value is -2.64. The second-order valence-electron chi connectivity index (χ2n) is 6.14. The minimum Gasteiger partial charge on any atom is -0.478 e. The molecule has 24 heavy (non-hydrogen) atoms. The van der Waals surface area contributed by atoms with Gasteiger partial charge in [-0.05, 0) is 32.6 Å². The second kappa shape index (κ2) is 6.46. The van der Waals surface area contributed by atoms with E-state index in [4.69, 9.17) is 5.73 Å². The molecule has 0 bridgehead atoms. The van der Waals surface area contributed by atoms with E-state index in [9.17, 15) is 14.7 Å². The monoisotopic (exact) mass is 331 g/mol. The van der Waals surface area contributed by atoms with Gasteiger partial charge in [-0.3, -0.25) is 4.79 Å².